The number of nitrogens with zero attached hydrogens (tertiary/aromatic N) is 3. The second-order valence-corrected chi connectivity index (χ2v) is 3.57. The van der Waals surface area contributed by atoms with Gasteiger partial charge >= 0.3 is 0 Å². The molecular formula is C11H16N4. The standard InChI is InChI=1S/C11H16N4/c1-3-15(4-2)8-9-6-5-7-10-11(9)13-14-12-10/h5-7H,3-4,8H2,1-2H3,(H,12,13,14). The van der Waals surface area contributed by atoms with Crippen molar-refractivity contribution in [1.82, 2.24) is 20.3 Å². The molecule has 1 aromatic heterocycles. The van der Waals surface area contributed by atoms with Gasteiger partial charge < -0.3 is 0 Å². The first kappa shape index (κ1) is 10.1. The van der Waals surface area contributed by atoms with Crippen LogP contribution in [0.1, 0.15) is 19.4 Å². The second kappa shape index (κ2) is 4.40. The van der Waals surface area contributed by atoms with Gasteiger partial charge in [-0.3, -0.25) is 4.90 Å². The lowest BCUT2D eigenvalue weighted by molar-refractivity contribution is 0.297. The molecule has 80 valence electrons. The summed E-state index contributed by atoms with van der Waals surface area (Å²) in [5, 5.41) is 10.9. The average molecular weight is 204 g/mol. The molecule has 0 unspecified atom stereocenters. The smallest absolute Gasteiger partial charge is 0.117 e. The lowest BCUT2D eigenvalue weighted by Crippen LogP contribution is -2.22. The van der Waals surface area contributed by atoms with Crippen molar-refractivity contribution in [2.45, 2.75) is 20.4 Å². The van der Waals surface area contributed by atoms with E-state index in [0.29, 0.717) is 0 Å². The van der Waals surface area contributed by atoms with E-state index in [0.717, 1.165) is 30.7 Å². The van der Waals surface area contributed by atoms with Crippen LogP contribution in [-0.2, 0) is 6.54 Å². The van der Waals surface area contributed by atoms with Crippen LogP contribution in [0.25, 0.3) is 11.0 Å². The molecule has 0 aliphatic carbocycles. The Kier molecular flexibility index (Phi) is 2.97. The number of hydrogen-bond acceptors (Lipinski definition) is 3. The fourth-order valence-electron chi connectivity index (χ4n) is 1.74. The molecule has 4 nitrogen and oxygen atoms in total. The van der Waals surface area contributed by atoms with E-state index in [1.54, 1.807) is 0 Å². The van der Waals surface area contributed by atoms with Gasteiger partial charge in [0.2, 0.25) is 0 Å². The molecule has 1 heterocycles. The van der Waals surface area contributed by atoms with Gasteiger partial charge in [0, 0.05) is 6.54 Å². The van der Waals surface area contributed by atoms with E-state index < -0.39 is 0 Å². The normalized spacial score (nSPS) is 11.4. The minimum absolute atomic E-state index is 0.941. The van der Waals surface area contributed by atoms with Crippen LogP contribution in [-0.4, -0.2) is 33.4 Å². The summed E-state index contributed by atoms with van der Waals surface area (Å²) in [4.78, 5) is 2.36. The summed E-state index contributed by atoms with van der Waals surface area (Å²) in [5.74, 6) is 0. The van der Waals surface area contributed by atoms with Crippen LogP contribution in [0.4, 0.5) is 0 Å². The zero-order valence-corrected chi connectivity index (χ0v) is 9.20. The molecule has 0 fully saturated rings. The number of para-hydroxylation sites is 1. The van der Waals surface area contributed by atoms with Crippen molar-refractivity contribution >= 4 is 11.0 Å². The fraction of sp³-hybridized carbons (Fsp3) is 0.455. The van der Waals surface area contributed by atoms with Crippen molar-refractivity contribution in [3.8, 4) is 0 Å². The van der Waals surface area contributed by atoms with Crippen molar-refractivity contribution in [3.05, 3.63) is 23.8 Å². The number of rotatable bonds is 4. The monoisotopic (exact) mass is 204 g/mol. The van der Waals surface area contributed by atoms with Gasteiger partial charge in [0.1, 0.15) is 11.0 Å². The molecule has 4 heteroatoms. The molecule has 2 rings (SSSR count). The number of fused-ring (bicyclic) bond motifs is 1. The Bertz CT molecular complexity index is 431. The molecule has 0 saturated heterocycles. The number of benzene rings is 1. The maximum atomic E-state index is 4.18. The zero-order valence-electron chi connectivity index (χ0n) is 9.20. The predicted octanol–water partition coefficient (Wildman–Crippen LogP) is 1.80. The van der Waals surface area contributed by atoms with E-state index in [-0.39, 0.29) is 0 Å². The second-order valence-electron chi connectivity index (χ2n) is 3.57. The summed E-state index contributed by atoms with van der Waals surface area (Å²) in [6.07, 6.45) is 0. The molecule has 0 saturated carbocycles. The van der Waals surface area contributed by atoms with Gasteiger partial charge in [-0.05, 0) is 24.7 Å². The summed E-state index contributed by atoms with van der Waals surface area (Å²) < 4.78 is 0. The van der Waals surface area contributed by atoms with Crippen molar-refractivity contribution in [2.24, 2.45) is 0 Å². The number of H-pyrrole nitrogens is 1. The molecule has 0 atom stereocenters. The highest BCUT2D eigenvalue weighted by molar-refractivity contribution is 5.77. The maximum Gasteiger partial charge on any atom is 0.117 e. The minimum atomic E-state index is 0.941. The van der Waals surface area contributed by atoms with Crippen molar-refractivity contribution in [3.63, 3.8) is 0 Å². The Labute approximate surface area is 89.3 Å². The third-order valence-electron chi connectivity index (χ3n) is 2.72. The van der Waals surface area contributed by atoms with Gasteiger partial charge in [-0.2, -0.15) is 15.4 Å². The highest BCUT2D eigenvalue weighted by atomic mass is 15.3. The molecule has 0 radical (unpaired) electrons. The molecule has 1 N–H and O–H groups in total. The Morgan fingerprint density at radius 1 is 1.20 bits per heavy atom. The molecule has 0 aliphatic heterocycles. The van der Waals surface area contributed by atoms with E-state index in [1.807, 2.05) is 12.1 Å². The van der Waals surface area contributed by atoms with Crippen LogP contribution in [0.3, 0.4) is 0 Å². The van der Waals surface area contributed by atoms with Crippen LogP contribution < -0.4 is 0 Å². The van der Waals surface area contributed by atoms with Gasteiger partial charge in [-0.25, -0.2) is 0 Å². The minimum Gasteiger partial charge on any atom is -0.300 e. The molecule has 0 aliphatic rings. The Morgan fingerprint density at radius 2 is 2.00 bits per heavy atom. The van der Waals surface area contributed by atoms with Crippen LogP contribution in [0.15, 0.2) is 18.2 Å². The fourth-order valence-corrected chi connectivity index (χ4v) is 1.74. The van der Waals surface area contributed by atoms with Gasteiger partial charge in [-0.15, -0.1) is 0 Å². The first-order valence-electron chi connectivity index (χ1n) is 5.35. The Balaban J connectivity index is 2.30. The molecule has 0 amide bonds. The third-order valence-corrected chi connectivity index (χ3v) is 2.72. The van der Waals surface area contributed by atoms with Gasteiger partial charge in [-0.1, -0.05) is 26.0 Å². The molecule has 15 heavy (non-hydrogen) atoms. The lowest BCUT2D eigenvalue weighted by atomic mass is 10.1. The highest BCUT2D eigenvalue weighted by Gasteiger charge is 2.07. The largest absolute Gasteiger partial charge is 0.300 e. The average Bonchev–Trinajstić information content (AvgIpc) is 2.74. The van der Waals surface area contributed by atoms with Gasteiger partial charge in [0.05, 0.1) is 0 Å². The van der Waals surface area contributed by atoms with Gasteiger partial charge in [0.15, 0.2) is 0 Å². The number of aromatic amines is 1. The van der Waals surface area contributed by atoms with Crippen LogP contribution >= 0.6 is 0 Å². The highest BCUT2D eigenvalue weighted by Crippen LogP contribution is 2.15. The summed E-state index contributed by atoms with van der Waals surface area (Å²) in [6, 6.07) is 6.12. The molecule has 0 spiro atoms. The summed E-state index contributed by atoms with van der Waals surface area (Å²) in [5.41, 5.74) is 3.18. The number of hydrogen-bond donors (Lipinski definition) is 1. The molecule has 2 aromatic rings. The first-order valence-corrected chi connectivity index (χ1v) is 5.35. The Morgan fingerprint density at radius 3 is 2.73 bits per heavy atom. The third kappa shape index (κ3) is 1.99. The zero-order chi connectivity index (χ0) is 10.7. The van der Waals surface area contributed by atoms with E-state index in [9.17, 15) is 0 Å². The predicted molar refractivity (Wildman–Crippen MR) is 60.5 cm³/mol. The number of aromatic nitrogens is 3. The molecule has 1 aromatic carbocycles. The van der Waals surface area contributed by atoms with Crippen molar-refractivity contribution in [2.75, 3.05) is 13.1 Å². The van der Waals surface area contributed by atoms with E-state index >= 15 is 0 Å². The maximum absolute atomic E-state index is 4.18. The van der Waals surface area contributed by atoms with Crippen LogP contribution in [0.5, 0.6) is 0 Å². The number of nitrogens with one attached hydrogen (secondary N) is 1. The van der Waals surface area contributed by atoms with Crippen molar-refractivity contribution < 1.29 is 0 Å². The SMILES string of the molecule is CCN(CC)Cc1cccc2n[nH]nc12. The van der Waals surface area contributed by atoms with Crippen LogP contribution in [0, 0.1) is 0 Å². The van der Waals surface area contributed by atoms with Crippen LogP contribution in [0.2, 0.25) is 0 Å². The lowest BCUT2D eigenvalue weighted by Gasteiger charge is -2.17. The van der Waals surface area contributed by atoms with E-state index in [1.165, 1.54) is 5.56 Å². The van der Waals surface area contributed by atoms with Crippen molar-refractivity contribution in [1.29, 1.82) is 0 Å². The van der Waals surface area contributed by atoms with Gasteiger partial charge in [0.25, 0.3) is 0 Å². The topological polar surface area (TPSA) is 44.8 Å². The Hall–Kier alpha value is -1.42. The molecular weight excluding hydrogens is 188 g/mol. The molecule has 0 bridgehead atoms. The first-order chi connectivity index (χ1) is 7.35. The quantitative estimate of drug-likeness (QED) is 0.826. The summed E-state index contributed by atoms with van der Waals surface area (Å²) >= 11 is 0. The van der Waals surface area contributed by atoms with E-state index in [4.69, 9.17) is 0 Å². The van der Waals surface area contributed by atoms with E-state index in [2.05, 4.69) is 40.2 Å². The summed E-state index contributed by atoms with van der Waals surface area (Å²) in [6.45, 7) is 7.41. The summed E-state index contributed by atoms with van der Waals surface area (Å²) in [7, 11) is 0.